The number of rotatable bonds is 28. The van der Waals surface area contributed by atoms with Gasteiger partial charge in [-0.3, -0.25) is 0 Å². The molecule has 0 N–H and O–H groups in total. The second-order valence-corrected chi connectivity index (χ2v) is 24.0. The van der Waals surface area contributed by atoms with Crippen molar-refractivity contribution in [1.29, 1.82) is 0 Å². The Morgan fingerprint density at radius 2 is 0.461 bits per heavy atom. The van der Waals surface area contributed by atoms with Gasteiger partial charge in [-0.05, 0) is 74.2 Å². The molecule has 4 aromatic rings. The molecule has 76 heavy (non-hydrogen) atoms. The van der Waals surface area contributed by atoms with E-state index in [-0.39, 0.29) is 238 Å². The summed E-state index contributed by atoms with van der Waals surface area (Å²) in [5.74, 6) is 0.322. The van der Waals surface area contributed by atoms with E-state index in [2.05, 4.69) is 0 Å². The topological polar surface area (TPSA) is 266 Å². The third kappa shape index (κ3) is 22.5. The molecule has 0 atom stereocenters. The van der Waals surface area contributed by atoms with Crippen molar-refractivity contribution < 1.29 is 189 Å². The molecule has 0 saturated heterocycles. The van der Waals surface area contributed by atoms with Crippen LogP contribution in [0.3, 0.4) is 0 Å². The molecule has 1 aliphatic rings. The van der Waals surface area contributed by atoms with Crippen LogP contribution in [0.25, 0.3) is 0 Å². The molecule has 0 heterocycles. The van der Waals surface area contributed by atoms with Crippen molar-refractivity contribution in [3.05, 3.63) is 93.0 Å². The Kier molecular flexibility index (Phi) is 34.0. The van der Waals surface area contributed by atoms with Crippen LogP contribution in [0, 0.1) is 0 Å². The standard InChI is InChI=1S/C52H72O16S4.4Na/c1-5-9-13-17-21-65-49-37-25-39-31-46(70(56,57)58)33-41(50(39)66-22-18-14-10-6-2)27-43-35-48(72(62,63)64)36-44(52(43)68-24-20-16-12-8-4)28-42-34-47(71(59,60)61)32-40(51(42)67-23-19-15-11-7-3)26-38(49)30-45(29-37)69(53,54)55;;;;/h29-36H,5-28H2,1-4H3,(H,53,54,55)(H,56,57,58)(H,59,60,61)(H,62,63,64);;;;/q;4*+1/p-4. The summed E-state index contributed by atoms with van der Waals surface area (Å²) in [7, 11) is -21.0. The summed E-state index contributed by atoms with van der Waals surface area (Å²) in [6.45, 7) is 8.54. The van der Waals surface area contributed by atoms with Crippen molar-refractivity contribution in [3.8, 4) is 23.0 Å². The first-order valence-electron chi connectivity index (χ1n) is 25.1. The summed E-state index contributed by atoms with van der Waals surface area (Å²) in [6, 6.07) is 8.84. The largest absolute Gasteiger partial charge is 1.00 e. The Balaban J connectivity index is 0.00000722. The first kappa shape index (κ1) is 73.7. The average molecular weight is 1170 g/mol. The normalized spacial score (nSPS) is 12.5. The van der Waals surface area contributed by atoms with Crippen molar-refractivity contribution in [2.45, 2.75) is 176 Å². The van der Waals surface area contributed by atoms with Crippen LogP contribution in [0.2, 0.25) is 0 Å². The van der Waals surface area contributed by atoms with Gasteiger partial charge in [0.1, 0.15) is 63.5 Å². The van der Waals surface area contributed by atoms with E-state index >= 15 is 0 Å². The van der Waals surface area contributed by atoms with Crippen LogP contribution in [-0.2, 0) is 66.2 Å². The maximum absolute atomic E-state index is 13.1. The summed E-state index contributed by atoms with van der Waals surface area (Å²) in [6.07, 6.45) is 10.8. The quantitative estimate of drug-likeness (QED) is 0.0293. The van der Waals surface area contributed by atoms with Gasteiger partial charge in [0.15, 0.2) is 0 Å². The van der Waals surface area contributed by atoms with E-state index in [9.17, 15) is 51.9 Å². The fourth-order valence-electron chi connectivity index (χ4n) is 8.89. The van der Waals surface area contributed by atoms with E-state index < -0.39 is 60.1 Å². The molecule has 1 aliphatic carbocycles. The van der Waals surface area contributed by atoms with Crippen LogP contribution in [0.5, 0.6) is 23.0 Å². The Morgan fingerprint density at radius 3 is 0.592 bits per heavy atom. The minimum atomic E-state index is -5.25. The minimum absolute atomic E-state index is 0. The van der Waals surface area contributed by atoms with E-state index in [1.165, 1.54) is 0 Å². The van der Waals surface area contributed by atoms with E-state index in [0.717, 1.165) is 126 Å². The molecule has 0 aromatic heterocycles. The van der Waals surface area contributed by atoms with Crippen LogP contribution >= 0.6 is 0 Å². The molecule has 5 rings (SSSR count). The van der Waals surface area contributed by atoms with E-state index in [0.29, 0.717) is 25.7 Å². The Bertz CT molecular complexity index is 2460. The number of hydrogen-bond donors (Lipinski definition) is 0. The molecule has 0 unspecified atom stereocenters. The molecule has 0 fully saturated rings. The van der Waals surface area contributed by atoms with Gasteiger partial charge < -0.3 is 37.2 Å². The summed E-state index contributed by atoms with van der Waals surface area (Å²) in [4.78, 5) is -2.78. The van der Waals surface area contributed by atoms with Gasteiger partial charge in [0, 0.05) is 70.2 Å². The van der Waals surface area contributed by atoms with Gasteiger partial charge in [-0.2, -0.15) is 0 Å². The summed E-state index contributed by atoms with van der Waals surface area (Å²) < 4.78 is 183. The van der Waals surface area contributed by atoms with Crippen molar-refractivity contribution in [3.63, 3.8) is 0 Å². The molecule has 0 aliphatic heterocycles. The minimum Gasteiger partial charge on any atom is -0.744 e. The molecule has 8 bridgehead atoms. The van der Waals surface area contributed by atoms with Crippen LogP contribution in [0.1, 0.15) is 175 Å². The Morgan fingerprint density at radius 1 is 0.303 bits per heavy atom. The molecular formula is C52H68Na4O16S4. The second kappa shape index (κ2) is 35.0. The SMILES string of the molecule is CCCCCCOc1c2cc(S(=O)(=O)[O-])cc1Cc1cc(S(=O)(=O)[O-])cc(c1OCCCCCC)Cc1cc(S(=O)(=O)[O-])cc(c1OCCCCCC)Cc1cc(S(=O)(=O)[O-])cc(c1OCCCCCC)C2.[Na+].[Na+].[Na+].[Na+]. The van der Waals surface area contributed by atoms with Crippen molar-refractivity contribution in [1.82, 2.24) is 0 Å². The third-order valence-electron chi connectivity index (χ3n) is 12.5. The fraction of sp³-hybridized carbons (Fsp3) is 0.538. The van der Waals surface area contributed by atoms with Crippen LogP contribution < -0.4 is 137 Å². The number of fused-ring (bicyclic) bond motifs is 8. The Labute approximate surface area is 540 Å². The zero-order valence-corrected chi connectivity index (χ0v) is 57.0. The number of ether oxygens (including phenoxy) is 4. The predicted octanol–water partition coefficient (Wildman–Crippen LogP) is -2.17. The number of benzene rings is 4. The first-order valence-corrected chi connectivity index (χ1v) is 30.7. The summed E-state index contributed by atoms with van der Waals surface area (Å²) in [5, 5.41) is 0. The van der Waals surface area contributed by atoms with Crippen molar-refractivity contribution >= 4 is 40.5 Å². The van der Waals surface area contributed by atoms with E-state index in [4.69, 9.17) is 18.9 Å². The van der Waals surface area contributed by atoms with Gasteiger partial charge in [-0.1, -0.05) is 105 Å². The molecule has 0 saturated carbocycles. The maximum Gasteiger partial charge on any atom is 1.00 e. The van der Waals surface area contributed by atoms with Gasteiger partial charge in [-0.15, -0.1) is 0 Å². The van der Waals surface area contributed by atoms with Crippen molar-refractivity contribution in [2.24, 2.45) is 0 Å². The van der Waals surface area contributed by atoms with Gasteiger partial charge >= 0.3 is 118 Å². The molecular weight excluding hydrogens is 1100 g/mol. The van der Waals surface area contributed by atoms with Crippen LogP contribution in [0.4, 0.5) is 0 Å². The van der Waals surface area contributed by atoms with Crippen LogP contribution in [-0.4, -0.2) is 78.3 Å². The van der Waals surface area contributed by atoms with E-state index in [1.807, 2.05) is 27.7 Å². The van der Waals surface area contributed by atoms with Gasteiger partial charge in [0.05, 0.1) is 46.0 Å². The van der Waals surface area contributed by atoms with Crippen LogP contribution in [0.15, 0.2) is 68.1 Å². The molecule has 16 nitrogen and oxygen atoms in total. The zero-order valence-electron chi connectivity index (χ0n) is 45.8. The third-order valence-corrected chi connectivity index (χ3v) is 15.8. The van der Waals surface area contributed by atoms with E-state index in [1.54, 1.807) is 0 Å². The Hall–Kier alpha value is -0.280. The molecule has 4 aromatic carbocycles. The molecule has 0 spiro atoms. The molecule has 24 heteroatoms. The second-order valence-electron chi connectivity index (χ2n) is 18.4. The maximum atomic E-state index is 13.1. The first-order chi connectivity index (χ1) is 34.1. The van der Waals surface area contributed by atoms with Gasteiger partial charge in [0.25, 0.3) is 0 Å². The van der Waals surface area contributed by atoms with Gasteiger partial charge in [-0.25, -0.2) is 33.7 Å². The molecule has 0 radical (unpaired) electrons. The summed E-state index contributed by atoms with van der Waals surface area (Å²) in [5.41, 5.74) is 0.551. The molecule has 0 amide bonds. The number of hydrogen-bond acceptors (Lipinski definition) is 16. The molecule has 400 valence electrons. The van der Waals surface area contributed by atoms with Crippen molar-refractivity contribution in [2.75, 3.05) is 26.4 Å². The monoisotopic (exact) mass is 1170 g/mol. The van der Waals surface area contributed by atoms with Gasteiger partial charge in [0.2, 0.25) is 0 Å². The number of unbranched alkanes of at least 4 members (excludes halogenated alkanes) is 12. The predicted molar refractivity (Wildman–Crippen MR) is 267 cm³/mol. The smallest absolute Gasteiger partial charge is 0.744 e. The average Bonchev–Trinajstić information content (AvgIpc) is 3.29. The summed E-state index contributed by atoms with van der Waals surface area (Å²) >= 11 is 0. The zero-order chi connectivity index (χ0) is 52.7. The fourth-order valence-corrected chi connectivity index (χ4v) is 11.2.